The molecule has 3 rings (SSSR count). The number of pyridine rings is 1. The number of hydrogen-bond donors (Lipinski definition) is 1. The Morgan fingerprint density at radius 3 is 2.43 bits per heavy atom. The van der Waals surface area contributed by atoms with Crippen LogP contribution in [-0.2, 0) is 25.9 Å². The SMILES string of the molecule is Cc1cc[c-]c2c1ccc1c(C)ccnc12.[CH2-]CCC(=O)O.[Pt+2]. The molecule has 0 radical (unpaired) electrons. The van der Waals surface area contributed by atoms with Crippen LogP contribution in [0.15, 0.2) is 36.5 Å². The van der Waals surface area contributed by atoms with Crippen molar-refractivity contribution in [2.45, 2.75) is 26.7 Å². The Labute approximate surface area is 151 Å². The second-order valence-electron chi connectivity index (χ2n) is 5.17. The molecule has 23 heavy (non-hydrogen) atoms. The maximum Gasteiger partial charge on any atom is 2.00 e. The molecule has 0 aliphatic rings. The molecule has 0 bridgehead atoms. The van der Waals surface area contributed by atoms with Gasteiger partial charge in [0.25, 0.3) is 0 Å². The second kappa shape index (κ2) is 8.78. The Kier molecular flexibility index (Phi) is 7.38. The fourth-order valence-corrected chi connectivity index (χ4v) is 2.32. The molecule has 0 spiro atoms. The van der Waals surface area contributed by atoms with Crippen molar-refractivity contribution in [3.8, 4) is 0 Å². The number of hydrogen-bond acceptors (Lipinski definition) is 2. The molecule has 0 saturated carbocycles. The fourth-order valence-electron chi connectivity index (χ4n) is 2.32. The number of aromatic nitrogens is 1. The van der Waals surface area contributed by atoms with Crippen molar-refractivity contribution in [3.05, 3.63) is 60.6 Å². The van der Waals surface area contributed by atoms with Gasteiger partial charge in [0, 0.05) is 12.6 Å². The molecule has 0 amide bonds. The van der Waals surface area contributed by atoms with Gasteiger partial charge in [0.1, 0.15) is 0 Å². The van der Waals surface area contributed by atoms with Gasteiger partial charge in [-0.1, -0.05) is 19.1 Å². The fraction of sp³-hybridized carbons (Fsp3) is 0.211. The summed E-state index contributed by atoms with van der Waals surface area (Å²) in [6.07, 6.45) is 2.53. The number of carboxylic acids is 1. The van der Waals surface area contributed by atoms with E-state index in [1.54, 1.807) is 0 Å². The van der Waals surface area contributed by atoms with Crippen molar-refractivity contribution >= 4 is 27.6 Å². The topological polar surface area (TPSA) is 50.2 Å². The molecule has 0 saturated heterocycles. The summed E-state index contributed by atoms with van der Waals surface area (Å²) >= 11 is 0. The number of benzene rings is 2. The zero-order valence-corrected chi connectivity index (χ0v) is 15.5. The second-order valence-corrected chi connectivity index (χ2v) is 5.17. The van der Waals surface area contributed by atoms with Crippen LogP contribution < -0.4 is 0 Å². The van der Waals surface area contributed by atoms with Gasteiger partial charge >= 0.3 is 27.0 Å². The summed E-state index contributed by atoms with van der Waals surface area (Å²) in [6, 6.07) is 13.7. The molecule has 0 aliphatic heterocycles. The first kappa shape index (κ1) is 19.3. The number of carboxylic acid groups (broad SMARTS) is 1. The van der Waals surface area contributed by atoms with Crippen molar-refractivity contribution in [1.82, 2.24) is 4.98 Å². The summed E-state index contributed by atoms with van der Waals surface area (Å²) in [5.74, 6) is -0.773. The van der Waals surface area contributed by atoms with Crippen LogP contribution in [0.2, 0.25) is 0 Å². The monoisotopic (exact) mass is 488 g/mol. The molecule has 2 aromatic carbocycles. The number of carbonyl (C=O) groups is 1. The van der Waals surface area contributed by atoms with Crippen molar-refractivity contribution < 1.29 is 31.0 Å². The third-order valence-corrected chi connectivity index (χ3v) is 3.51. The zero-order valence-electron chi connectivity index (χ0n) is 13.2. The summed E-state index contributed by atoms with van der Waals surface area (Å²) in [5, 5.41) is 11.5. The summed E-state index contributed by atoms with van der Waals surface area (Å²) in [4.78, 5) is 14.0. The number of fused-ring (bicyclic) bond motifs is 3. The molecule has 1 N–H and O–H groups in total. The van der Waals surface area contributed by atoms with E-state index in [1.165, 1.54) is 21.9 Å². The van der Waals surface area contributed by atoms with E-state index >= 15 is 0 Å². The Morgan fingerprint density at radius 1 is 1.17 bits per heavy atom. The van der Waals surface area contributed by atoms with Crippen LogP contribution in [0.3, 0.4) is 0 Å². The van der Waals surface area contributed by atoms with E-state index in [9.17, 15) is 4.79 Å². The standard InChI is InChI=1S/C15H12N.C4H7O2.Pt/c1-10-4-3-5-14-12(10)6-7-13-11(2)8-9-16-15(13)14;1-2-3-4(5)6;/h3-4,6-9H,1-2H3;1-3H2,(H,5,6);/q2*-1;+2. The minimum atomic E-state index is -0.773. The molecule has 0 unspecified atom stereocenters. The van der Waals surface area contributed by atoms with Crippen LogP contribution in [0.25, 0.3) is 21.7 Å². The minimum Gasteiger partial charge on any atom is -0.481 e. The summed E-state index contributed by atoms with van der Waals surface area (Å²) in [7, 11) is 0. The van der Waals surface area contributed by atoms with Crippen LogP contribution in [0.4, 0.5) is 0 Å². The molecular weight excluding hydrogens is 469 g/mol. The van der Waals surface area contributed by atoms with Gasteiger partial charge in [-0.25, -0.2) is 0 Å². The van der Waals surface area contributed by atoms with Gasteiger partial charge in [-0.15, -0.1) is 34.5 Å². The quantitative estimate of drug-likeness (QED) is 0.427. The third-order valence-electron chi connectivity index (χ3n) is 3.51. The molecule has 122 valence electrons. The Morgan fingerprint density at radius 2 is 1.83 bits per heavy atom. The van der Waals surface area contributed by atoms with Gasteiger partial charge in [-0.05, 0) is 29.5 Å². The molecule has 1 aromatic heterocycles. The van der Waals surface area contributed by atoms with E-state index in [1.807, 2.05) is 18.3 Å². The maximum atomic E-state index is 9.56. The number of rotatable bonds is 2. The summed E-state index contributed by atoms with van der Waals surface area (Å²) < 4.78 is 0. The minimum absolute atomic E-state index is 0. The van der Waals surface area contributed by atoms with Gasteiger partial charge in [0.05, 0.1) is 0 Å². The van der Waals surface area contributed by atoms with Crippen molar-refractivity contribution in [3.63, 3.8) is 0 Å². The van der Waals surface area contributed by atoms with Crippen molar-refractivity contribution in [2.24, 2.45) is 0 Å². The van der Waals surface area contributed by atoms with E-state index < -0.39 is 5.97 Å². The Balaban J connectivity index is 0.000000330. The largest absolute Gasteiger partial charge is 2.00 e. The Bertz CT molecular complexity index is 754. The number of nitrogens with zero attached hydrogens (tertiary/aromatic N) is 1. The molecule has 0 fully saturated rings. The van der Waals surface area contributed by atoms with Gasteiger partial charge in [0.2, 0.25) is 0 Å². The smallest absolute Gasteiger partial charge is 0.481 e. The third kappa shape index (κ3) is 4.62. The first-order valence-electron chi connectivity index (χ1n) is 7.21. The molecular formula is C19H19NO2Pt. The zero-order chi connectivity index (χ0) is 16.1. The van der Waals surface area contributed by atoms with E-state index in [0.29, 0.717) is 6.42 Å². The Hall–Kier alpha value is -1.73. The normalized spacial score (nSPS) is 9.87. The van der Waals surface area contributed by atoms with Gasteiger partial charge in [-0.3, -0.25) is 4.79 Å². The number of aryl methyl sites for hydroxylation is 2. The van der Waals surface area contributed by atoms with Gasteiger partial charge < -0.3 is 17.0 Å². The molecule has 3 nitrogen and oxygen atoms in total. The van der Waals surface area contributed by atoms with Gasteiger partial charge in [0.15, 0.2) is 0 Å². The average Bonchev–Trinajstić information content (AvgIpc) is 2.48. The summed E-state index contributed by atoms with van der Waals surface area (Å²) in [6.45, 7) is 7.58. The number of aliphatic carboxylic acids is 1. The van der Waals surface area contributed by atoms with Crippen molar-refractivity contribution in [2.75, 3.05) is 0 Å². The average molecular weight is 488 g/mol. The summed E-state index contributed by atoms with van der Waals surface area (Å²) in [5.41, 5.74) is 3.60. The van der Waals surface area contributed by atoms with E-state index in [2.05, 4.69) is 50.0 Å². The molecule has 3 aromatic rings. The van der Waals surface area contributed by atoms with Crippen LogP contribution in [0.5, 0.6) is 0 Å². The molecule has 1 heterocycles. The van der Waals surface area contributed by atoms with Crippen LogP contribution >= 0.6 is 0 Å². The molecule has 0 atom stereocenters. The van der Waals surface area contributed by atoms with Gasteiger partial charge in [-0.2, -0.15) is 6.42 Å². The molecule has 0 aliphatic carbocycles. The molecule has 4 heteroatoms. The van der Waals surface area contributed by atoms with E-state index in [-0.39, 0.29) is 27.5 Å². The van der Waals surface area contributed by atoms with E-state index in [4.69, 9.17) is 5.11 Å². The maximum absolute atomic E-state index is 9.56. The predicted molar refractivity (Wildman–Crippen MR) is 89.8 cm³/mol. The van der Waals surface area contributed by atoms with E-state index in [0.717, 1.165) is 10.9 Å². The first-order valence-corrected chi connectivity index (χ1v) is 7.21. The first-order chi connectivity index (χ1) is 10.5. The van der Waals surface area contributed by atoms with Crippen LogP contribution in [0.1, 0.15) is 24.0 Å². The van der Waals surface area contributed by atoms with Crippen LogP contribution in [0, 0.1) is 26.8 Å². The predicted octanol–water partition coefficient (Wildman–Crippen LogP) is 4.49. The van der Waals surface area contributed by atoms with Crippen LogP contribution in [-0.4, -0.2) is 16.1 Å². The van der Waals surface area contributed by atoms with Crippen molar-refractivity contribution in [1.29, 1.82) is 0 Å².